The van der Waals surface area contributed by atoms with Crippen molar-refractivity contribution in [2.75, 3.05) is 5.32 Å². The standard InChI is InChI=1S/C14H17Br2N3/c1-4-13-10(8-19(3)18-13)7-17-14-11(15)5-9(2)6-12(14)16/h5-6,8,17H,4,7H2,1-3H3. The van der Waals surface area contributed by atoms with Crippen molar-refractivity contribution < 1.29 is 0 Å². The van der Waals surface area contributed by atoms with E-state index in [1.165, 1.54) is 11.1 Å². The Hall–Kier alpha value is -0.810. The Morgan fingerprint density at radius 3 is 2.47 bits per heavy atom. The van der Waals surface area contributed by atoms with Gasteiger partial charge in [0.05, 0.1) is 11.4 Å². The average Bonchev–Trinajstić information content (AvgIpc) is 2.68. The van der Waals surface area contributed by atoms with Crippen LogP contribution >= 0.6 is 31.9 Å². The average molecular weight is 387 g/mol. The molecule has 3 nitrogen and oxygen atoms in total. The van der Waals surface area contributed by atoms with Crippen LogP contribution in [0.15, 0.2) is 27.3 Å². The van der Waals surface area contributed by atoms with Crippen LogP contribution in [-0.2, 0) is 20.0 Å². The molecule has 0 atom stereocenters. The van der Waals surface area contributed by atoms with E-state index in [0.29, 0.717) is 0 Å². The fraction of sp³-hybridized carbons (Fsp3) is 0.357. The molecular weight excluding hydrogens is 370 g/mol. The molecule has 2 aromatic rings. The minimum atomic E-state index is 0.775. The van der Waals surface area contributed by atoms with Crippen LogP contribution in [-0.4, -0.2) is 9.78 Å². The molecule has 0 aliphatic carbocycles. The highest BCUT2D eigenvalue weighted by Gasteiger charge is 2.09. The maximum atomic E-state index is 4.45. The Morgan fingerprint density at radius 1 is 1.26 bits per heavy atom. The van der Waals surface area contributed by atoms with E-state index in [1.807, 2.05) is 11.7 Å². The molecule has 0 bridgehead atoms. The predicted octanol–water partition coefficient (Wildman–Crippen LogP) is 4.43. The van der Waals surface area contributed by atoms with Crippen LogP contribution in [0.4, 0.5) is 5.69 Å². The highest BCUT2D eigenvalue weighted by molar-refractivity contribution is 9.11. The fourth-order valence-corrected chi connectivity index (χ4v) is 3.78. The van der Waals surface area contributed by atoms with Crippen molar-refractivity contribution in [2.24, 2.45) is 7.05 Å². The molecule has 0 fully saturated rings. The molecule has 1 aromatic carbocycles. The van der Waals surface area contributed by atoms with Gasteiger partial charge in [-0.05, 0) is 62.9 Å². The van der Waals surface area contributed by atoms with E-state index in [2.05, 4.69) is 74.5 Å². The molecule has 1 N–H and O–H groups in total. The monoisotopic (exact) mass is 385 g/mol. The van der Waals surface area contributed by atoms with Gasteiger partial charge in [-0.15, -0.1) is 0 Å². The second kappa shape index (κ2) is 6.09. The second-order valence-electron chi connectivity index (χ2n) is 4.59. The van der Waals surface area contributed by atoms with Crippen molar-refractivity contribution in [1.82, 2.24) is 9.78 Å². The number of aryl methyl sites for hydroxylation is 3. The largest absolute Gasteiger partial charge is 0.379 e. The number of hydrogen-bond acceptors (Lipinski definition) is 2. The van der Waals surface area contributed by atoms with Crippen molar-refractivity contribution in [3.05, 3.63) is 44.1 Å². The lowest BCUT2D eigenvalue weighted by molar-refractivity contribution is 0.746. The molecule has 0 saturated carbocycles. The number of benzene rings is 1. The summed E-state index contributed by atoms with van der Waals surface area (Å²) in [7, 11) is 1.96. The Morgan fingerprint density at radius 2 is 1.89 bits per heavy atom. The molecule has 19 heavy (non-hydrogen) atoms. The molecule has 0 saturated heterocycles. The van der Waals surface area contributed by atoms with Gasteiger partial charge in [0.1, 0.15) is 0 Å². The predicted molar refractivity (Wildman–Crippen MR) is 86.5 cm³/mol. The lowest BCUT2D eigenvalue weighted by Crippen LogP contribution is -2.02. The Labute approximate surface area is 130 Å². The summed E-state index contributed by atoms with van der Waals surface area (Å²) in [6.45, 7) is 4.98. The smallest absolute Gasteiger partial charge is 0.0671 e. The van der Waals surface area contributed by atoms with Crippen LogP contribution < -0.4 is 5.32 Å². The number of aromatic nitrogens is 2. The van der Waals surface area contributed by atoms with Gasteiger partial charge in [0.25, 0.3) is 0 Å². The summed E-state index contributed by atoms with van der Waals surface area (Å²) in [6, 6.07) is 4.22. The summed E-state index contributed by atoms with van der Waals surface area (Å²) in [4.78, 5) is 0. The van der Waals surface area contributed by atoms with E-state index in [4.69, 9.17) is 0 Å². The summed E-state index contributed by atoms with van der Waals surface area (Å²) < 4.78 is 4.01. The van der Waals surface area contributed by atoms with Crippen LogP contribution in [0, 0.1) is 6.92 Å². The summed E-state index contributed by atoms with van der Waals surface area (Å²) in [5, 5.41) is 7.92. The SMILES string of the molecule is CCc1nn(C)cc1CNc1c(Br)cc(C)cc1Br. The molecule has 0 amide bonds. The molecule has 0 radical (unpaired) electrons. The van der Waals surface area contributed by atoms with Crippen molar-refractivity contribution in [3.8, 4) is 0 Å². The maximum absolute atomic E-state index is 4.45. The van der Waals surface area contributed by atoms with E-state index in [0.717, 1.165) is 33.3 Å². The lowest BCUT2D eigenvalue weighted by atomic mass is 10.2. The van der Waals surface area contributed by atoms with Gasteiger partial charge in [-0.1, -0.05) is 6.92 Å². The normalized spacial score (nSPS) is 10.8. The molecule has 0 spiro atoms. The first-order valence-electron chi connectivity index (χ1n) is 6.22. The number of halogens is 2. The minimum Gasteiger partial charge on any atom is -0.379 e. The van der Waals surface area contributed by atoms with Gasteiger partial charge in [-0.3, -0.25) is 4.68 Å². The Bertz CT molecular complexity index is 567. The zero-order chi connectivity index (χ0) is 14.0. The summed E-state index contributed by atoms with van der Waals surface area (Å²) in [6.07, 6.45) is 3.02. The van der Waals surface area contributed by atoms with Crippen molar-refractivity contribution in [1.29, 1.82) is 0 Å². The molecule has 0 aliphatic heterocycles. The highest BCUT2D eigenvalue weighted by Crippen LogP contribution is 2.32. The number of anilines is 1. The van der Waals surface area contributed by atoms with Gasteiger partial charge in [0.15, 0.2) is 0 Å². The lowest BCUT2D eigenvalue weighted by Gasteiger charge is -2.11. The van der Waals surface area contributed by atoms with Crippen LogP contribution in [0.3, 0.4) is 0 Å². The number of rotatable bonds is 4. The van der Waals surface area contributed by atoms with E-state index >= 15 is 0 Å². The summed E-state index contributed by atoms with van der Waals surface area (Å²) >= 11 is 7.20. The summed E-state index contributed by atoms with van der Waals surface area (Å²) in [5.74, 6) is 0. The number of nitrogens with zero attached hydrogens (tertiary/aromatic N) is 2. The summed E-state index contributed by atoms with van der Waals surface area (Å²) in [5.41, 5.74) is 4.69. The minimum absolute atomic E-state index is 0.775. The first-order valence-corrected chi connectivity index (χ1v) is 7.80. The second-order valence-corrected chi connectivity index (χ2v) is 6.29. The zero-order valence-electron chi connectivity index (χ0n) is 11.3. The van der Waals surface area contributed by atoms with Crippen molar-refractivity contribution in [3.63, 3.8) is 0 Å². The van der Waals surface area contributed by atoms with Crippen LogP contribution in [0.2, 0.25) is 0 Å². The van der Waals surface area contributed by atoms with Gasteiger partial charge in [0, 0.05) is 34.3 Å². The number of nitrogens with one attached hydrogen (secondary N) is 1. The van der Waals surface area contributed by atoms with E-state index < -0.39 is 0 Å². The van der Waals surface area contributed by atoms with Gasteiger partial charge < -0.3 is 5.32 Å². The van der Waals surface area contributed by atoms with Gasteiger partial charge >= 0.3 is 0 Å². The van der Waals surface area contributed by atoms with Crippen LogP contribution in [0.25, 0.3) is 0 Å². The highest BCUT2D eigenvalue weighted by atomic mass is 79.9. The maximum Gasteiger partial charge on any atom is 0.0671 e. The third-order valence-electron chi connectivity index (χ3n) is 2.97. The van der Waals surface area contributed by atoms with Gasteiger partial charge in [-0.2, -0.15) is 5.10 Å². The molecule has 2 rings (SSSR count). The molecule has 1 aromatic heterocycles. The number of hydrogen-bond donors (Lipinski definition) is 1. The quantitative estimate of drug-likeness (QED) is 0.842. The van der Waals surface area contributed by atoms with Crippen LogP contribution in [0.1, 0.15) is 23.7 Å². The molecule has 0 unspecified atom stereocenters. The first-order chi connectivity index (χ1) is 9.01. The fourth-order valence-electron chi connectivity index (χ4n) is 2.08. The van der Waals surface area contributed by atoms with E-state index in [1.54, 1.807) is 0 Å². The molecule has 1 heterocycles. The van der Waals surface area contributed by atoms with Gasteiger partial charge in [0.2, 0.25) is 0 Å². The first kappa shape index (κ1) is 14.6. The zero-order valence-corrected chi connectivity index (χ0v) is 14.5. The van der Waals surface area contributed by atoms with E-state index in [-0.39, 0.29) is 0 Å². The van der Waals surface area contributed by atoms with Crippen LogP contribution in [0.5, 0.6) is 0 Å². The Kier molecular flexibility index (Phi) is 4.68. The van der Waals surface area contributed by atoms with Crippen molar-refractivity contribution in [2.45, 2.75) is 26.8 Å². The molecule has 102 valence electrons. The molecule has 5 heteroatoms. The third kappa shape index (κ3) is 3.39. The molecular formula is C14H17Br2N3. The van der Waals surface area contributed by atoms with Gasteiger partial charge in [-0.25, -0.2) is 0 Å². The topological polar surface area (TPSA) is 29.9 Å². The Balaban J connectivity index is 2.19. The van der Waals surface area contributed by atoms with Crippen molar-refractivity contribution >= 4 is 37.5 Å². The molecule has 0 aliphatic rings. The third-order valence-corrected chi connectivity index (χ3v) is 4.22. The van der Waals surface area contributed by atoms with E-state index in [9.17, 15) is 0 Å².